The van der Waals surface area contributed by atoms with Crippen LogP contribution in [0.3, 0.4) is 0 Å². The first kappa shape index (κ1) is 14.8. The predicted octanol–water partition coefficient (Wildman–Crippen LogP) is 3.82. The van der Waals surface area contributed by atoms with E-state index in [0.717, 1.165) is 16.7 Å². The van der Waals surface area contributed by atoms with E-state index in [-0.39, 0.29) is 5.97 Å². The lowest BCUT2D eigenvalue weighted by Gasteiger charge is -2.07. The molecule has 0 saturated heterocycles. The molecular formula is C18H15NO4. The van der Waals surface area contributed by atoms with Crippen molar-refractivity contribution in [1.29, 1.82) is 0 Å². The number of pyridine rings is 1. The van der Waals surface area contributed by atoms with Gasteiger partial charge >= 0.3 is 5.97 Å². The molecule has 0 aliphatic rings. The predicted molar refractivity (Wildman–Crippen MR) is 86.2 cm³/mol. The van der Waals surface area contributed by atoms with E-state index in [1.165, 1.54) is 7.11 Å². The van der Waals surface area contributed by atoms with Gasteiger partial charge in [-0.3, -0.25) is 0 Å². The SMILES string of the molecule is COC(=O)c1ccc2nc(Oc3ccc(OC)cc3)ccc2c1. The minimum atomic E-state index is -0.370. The van der Waals surface area contributed by atoms with Crippen molar-refractivity contribution in [3.63, 3.8) is 0 Å². The lowest BCUT2D eigenvalue weighted by molar-refractivity contribution is 0.0601. The Bertz CT molecular complexity index is 843. The highest BCUT2D eigenvalue weighted by molar-refractivity contribution is 5.94. The van der Waals surface area contributed by atoms with E-state index in [4.69, 9.17) is 14.2 Å². The number of benzene rings is 2. The molecule has 0 bridgehead atoms. The van der Waals surface area contributed by atoms with Gasteiger partial charge in [0.25, 0.3) is 0 Å². The normalized spacial score (nSPS) is 10.3. The molecule has 116 valence electrons. The maximum absolute atomic E-state index is 11.5. The summed E-state index contributed by atoms with van der Waals surface area (Å²) in [6.45, 7) is 0. The molecule has 0 N–H and O–H groups in total. The van der Waals surface area contributed by atoms with Crippen molar-refractivity contribution in [2.24, 2.45) is 0 Å². The van der Waals surface area contributed by atoms with Crippen molar-refractivity contribution >= 4 is 16.9 Å². The van der Waals surface area contributed by atoms with Crippen molar-refractivity contribution in [3.05, 3.63) is 60.2 Å². The van der Waals surface area contributed by atoms with Crippen molar-refractivity contribution in [2.75, 3.05) is 14.2 Å². The average Bonchev–Trinajstić information content (AvgIpc) is 2.61. The van der Waals surface area contributed by atoms with E-state index in [1.54, 1.807) is 31.4 Å². The van der Waals surface area contributed by atoms with Gasteiger partial charge in [-0.05, 0) is 48.5 Å². The quantitative estimate of drug-likeness (QED) is 0.686. The number of ether oxygens (including phenoxy) is 3. The molecular weight excluding hydrogens is 294 g/mol. The topological polar surface area (TPSA) is 57.7 Å². The molecule has 23 heavy (non-hydrogen) atoms. The number of hydrogen-bond donors (Lipinski definition) is 0. The number of carbonyl (C=O) groups excluding carboxylic acids is 1. The minimum absolute atomic E-state index is 0.370. The lowest BCUT2D eigenvalue weighted by atomic mass is 10.1. The van der Waals surface area contributed by atoms with Gasteiger partial charge in [-0.2, -0.15) is 0 Å². The standard InChI is InChI=1S/C18H15NO4/c1-21-14-5-7-15(8-6-14)23-17-10-4-12-11-13(18(20)22-2)3-9-16(12)19-17/h3-11H,1-2H3. The molecule has 0 saturated carbocycles. The van der Waals surface area contributed by atoms with E-state index >= 15 is 0 Å². The Kier molecular flexibility index (Phi) is 4.10. The summed E-state index contributed by atoms with van der Waals surface area (Å²) < 4.78 is 15.5. The Morgan fingerprint density at radius 2 is 1.65 bits per heavy atom. The minimum Gasteiger partial charge on any atom is -0.497 e. The second kappa shape index (κ2) is 6.36. The second-order valence-electron chi connectivity index (χ2n) is 4.83. The molecule has 0 aliphatic carbocycles. The van der Waals surface area contributed by atoms with Gasteiger partial charge in [0, 0.05) is 11.5 Å². The van der Waals surface area contributed by atoms with Gasteiger partial charge in [0.2, 0.25) is 5.88 Å². The van der Waals surface area contributed by atoms with E-state index < -0.39 is 0 Å². The van der Waals surface area contributed by atoms with Crippen molar-refractivity contribution < 1.29 is 19.0 Å². The van der Waals surface area contributed by atoms with Crippen LogP contribution in [0.4, 0.5) is 0 Å². The fraction of sp³-hybridized carbons (Fsp3) is 0.111. The fourth-order valence-corrected chi connectivity index (χ4v) is 2.17. The summed E-state index contributed by atoms with van der Waals surface area (Å²) in [4.78, 5) is 16.0. The monoisotopic (exact) mass is 309 g/mol. The highest BCUT2D eigenvalue weighted by Crippen LogP contribution is 2.25. The van der Waals surface area contributed by atoms with Crippen LogP contribution in [0.15, 0.2) is 54.6 Å². The van der Waals surface area contributed by atoms with Gasteiger partial charge in [-0.25, -0.2) is 9.78 Å². The Labute approximate surface area is 133 Å². The summed E-state index contributed by atoms with van der Waals surface area (Å²) >= 11 is 0. The Morgan fingerprint density at radius 3 is 2.35 bits per heavy atom. The molecule has 1 heterocycles. The maximum atomic E-state index is 11.5. The van der Waals surface area contributed by atoms with Crippen LogP contribution in [0.25, 0.3) is 10.9 Å². The van der Waals surface area contributed by atoms with Crippen LogP contribution < -0.4 is 9.47 Å². The number of aromatic nitrogens is 1. The molecule has 1 aromatic heterocycles. The largest absolute Gasteiger partial charge is 0.497 e. The van der Waals surface area contributed by atoms with Crippen molar-refractivity contribution in [1.82, 2.24) is 4.98 Å². The number of nitrogens with zero attached hydrogens (tertiary/aromatic N) is 1. The van der Waals surface area contributed by atoms with Gasteiger partial charge in [0.1, 0.15) is 11.5 Å². The zero-order chi connectivity index (χ0) is 16.2. The Hall–Kier alpha value is -3.08. The van der Waals surface area contributed by atoms with Gasteiger partial charge in [0.05, 0.1) is 25.3 Å². The first-order valence-corrected chi connectivity index (χ1v) is 7.00. The second-order valence-corrected chi connectivity index (χ2v) is 4.83. The molecule has 3 rings (SSSR count). The fourth-order valence-electron chi connectivity index (χ4n) is 2.17. The number of hydrogen-bond acceptors (Lipinski definition) is 5. The van der Waals surface area contributed by atoms with Crippen LogP contribution in [0, 0.1) is 0 Å². The van der Waals surface area contributed by atoms with Crippen LogP contribution in [-0.4, -0.2) is 25.2 Å². The molecule has 3 aromatic rings. The maximum Gasteiger partial charge on any atom is 0.337 e. The molecule has 0 fully saturated rings. The molecule has 2 aromatic carbocycles. The first-order chi connectivity index (χ1) is 11.2. The molecule has 5 nitrogen and oxygen atoms in total. The molecule has 5 heteroatoms. The summed E-state index contributed by atoms with van der Waals surface area (Å²) in [7, 11) is 2.97. The highest BCUT2D eigenvalue weighted by Gasteiger charge is 2.07. The third-order valence-corrected chi connectivity index (χ3v) is 3.37. The first-order valence-electron chi connectivity index (χ1n) is 7.00. The smallest absolute Gasteiger partial charge is 0.337 e. The van der Waals surface area contributed by atoms with Crippen molar-refractivity contribution in [2.45, 2.75) is 0 Å². The van der Waals surface area contributed by atoms with Gasteiger partial charge in [0.15, 0.2) is 0 Å². The molecule has 0 radical (unpaired) electrons. The Morgan fingerprint density at radius 1 is 0.913 bits per heavy atom. The van der Waals surface area contributed by atoms with E-state index in [1.807, 2.05) is 30.3 Å². The zero-order valence-electron chi connectivity index (χ0n) is 12.8. The third kappa shape index (κ3) is 3.23. The molecule has 0 unspecified atom stereocenters. The van der Waals surface area contributed by atoms with E-state index in [9.17, 15) is 4.79 Å². The van der Waals surface area contributed by atoms with Crippen LogP contribution in [0.2, 0.25) is 0 Å². The van der Waals surface area contributed by atoms with E-state index in [2.05, 4.69) is 4.98 Å². The summed E-state index contributed by atoms with van der Waals surface area (Å²) in [5.74, 6) is 1.54. The summed E-state index contributed by atoms with van der Waals surface area (Å²) in [5, 5.41) is 0.843. The molecule has 0 amide bonds. The number of methoxy groups -OCH3 is 2. The van der Waals surface area contributed by atoms with E-state index in [0.29, 0.717) is 17.2 Å². The van der Waals surface area contributed by atoms with Crippen LogP contribution in [-0.2, 0) is 4.74 Å². The highest BCUT2D eigenvalue weighted by atomic mass is 16.5. The summed E-state index contributed by atoms with van der Waals surface area (Å²) in [5.41, 5.74) is 1.23. The van der Waals surface area contributed by atoms with Gasteiger partial charge in [-0.15, -0.1) is 0 Å². The summed E-state index contributed by atoms with van der Waals surface area (Å²) in [6, 6.07) is 16.1. The number of esters is 1. The zero-order valence-corrected chi connectivity index (χ0v) is 12.8. The number of rotatable bonds is 4. The third-order valence-electron chi connectivity index (χ3n) is 3.37. The number of carbonyl (C=O) groups is 1. The molecule has 0 aliphatic heterocycles. The lowest BCUT2D eigenvalue weighted by Crippen LogP contribution is -2.00. The molecule has 0 spiro atoms. The van der Waals surface area contributed by atoms with Crippen molar-refractivity contribution in [3.8, 4) is 17.4 Å². The van der Waals surface area contributed by atoms with Crippen LogP contribution in [0.1, 0.15) is 10.4 Å². The molecule has 0 atom stereocenters. The number of fused-ring (bicyclic) bond motifs is 1. The average molecular weight is 309 g/mol. The Balaban J connectivity index is 1.86. The van der Waals surface area contributed by atoms with Crippen LogP contribution >= 0.6 is 0 Å². The van der Waals surface area contributed by atoms with Gasteiger partial charge in [-0.1, -0.05) is 0 Å². The van der Waals surface area contributed by atoms with Gasteiger partial charge < -0.3 is 14.2 Å². The van der Waals surface area contributed by atoms with Crippen LogP contribution in [0.5, 0.6) is 17.4 Å². The summed E-state index contributed by atoms with van der Waals surface area (Å²) in [6.07, 6.45) is 0.